The van der Waals surface area contributed by atoms with Gasteiger partial charge in [0, 0.05) is 23.1 Å². The highest BCUT2D eigenvalue weighted by Crippen LogP contribution is 2.31. The first-order valence-corrected chi connectivity index (χ1v) is 9.40. The van der Waals surface area contributed by atoms with Crippen molar-refractivity contribution in [2.75, 3.05) is 27.2 Å². The van der Waals surface area contributed by atoms with Crippen LogP contribution in [0.15, 0.2) is 54.7 Å². The zero-order valence-corrected chi connectivity index (χ0v) is 17.1. The van der Waals surface area contributed by atoms with Crippen LogP contribution in [-0.4, -0.2) is 42.1 Å². The minimum absolute atomic E-state index is 0.0726. The summed E-state index contributed by atoms with van der Waals surface area (Å²) in [6, 6.07) is 12.1. The normalized spacial score (nSPS) is 11.7. The number of halogens is 2. The number of aromatic nitrogens is 2. The Morgan fingerprint density at radius 1 is 0.862 bits per heavy atom. The Kier molecular flexibility index (Phi) is 6.23. The molecule has 1 heterocycles. The van der Waals surface area contributed by atoms with Crippen LogP contribution in [0.1, 0.15) is 13.8 Å². The van der Waals surface area contributed by atoms with Gasteiger partial charge in [0.05, 0.1) is 18.5 Å². The molecule has 3 aromatic rings. The van der Waals surface area contributed by atoms with E-state index >= 15 is 0 Å². The SMILES string of the molecule is CN(C)CC(C)(C)COc1cnc(-c2ccc(F)cc2)c(-c2ccc(F)cc2)n1. The van der Waals surface area contributed by atoms with Crippen molar-refractivity contribution in [2.24, 2.45) is 5.41 Å². The summed E-state index contributed by atoms with van der Waals surface area (Å²) in [5.41, 5.74) is 2.49. The molecule has 0 spiro atoms. The van der Waals surface area contributed by atoms with E-state index < -0.39 is 0 Å². The molecule has 0 saturated carbocycles. The van der Waals surface area contributed by atoms with E-state index in [0.29, 0.717) is 29.4 Å². The van der Waals surface area contributed by atoms with Crippen LogP contribution in [0.3, 0.4) is 0 Å². The number of nitrogens with zero attached hydrogens (tertiary/aromatic N) is 3. The molecule has 6 heteroatoms. The number of ether oxygens (including phenoxy) is 1. The first kappa shape index (κ1) is 20.9. The van der Waals surface area contributed by atoms with Gasteiger partial charge in [0.1, 0.15) is 17.3 Å². The van der Waals surface area contributed by atoms with E-state index in [-0.39, 0.29) is 17.0 Å². The summed E-state index contributed by atoms with van der Waals surface area (Å²) in [4.78, 5) is 11.3. The summed E-state index contributed by atoms with van der Waals surface area (Å²) >= 11 is 0. The lowest BCUT2D eigenvalue weighted by Crippen LogP contribution is -2.33. The Morgan fingerprint density at radius 3 is 1.90 bits per heavy atom. The van der Waals surface area contributed by atoms with Crippen LogP contribution < -0.4 is 4.74 Å². The van der Waals surface area contributed by atoms with Gasteiger partial charge in [0.25, 0.3) is 0 Å². The zero-order valence-electron chi connectivity index (χ0n) is 17.1. The Bertz CT molecular complexity index is 955. The molecule has 0 fully saturated rings. The number of benzene rings is 2. The van der Waals surface area contributed by atoms with Crippen LogP contribution >= 0.6 is 0 Å². The first-order chi connectivity index (χ1) is 13.7. The van der Waals surface area contributed by atoms with Crippen LogP contribution in [-0.2, 0) is 0 Å². The van der Waals surface area contributed by atoms with Gasteiger partial charge in [-0.25, -0.2) is 18.7 Å². The monoisotopic (exact) mass is 397 g/mol. The maximum Gasteiger partial charge on any atom is 0.232 e. The third kappa shape index (κ3) is 5.57. The van der Waals surface area contributed by atoms with Gasteiger partial charge in [-0.2, -0.15) is 0 Å². The highest BCUT2D eigenvalue weighted by Gasteiger charge is 2.21. The van der Waals surface area contributed by atoms with Gasteiger partial charge in [-0.05, 0) is 62.6 Å². The molecule has 0 unspecified atom stereocenters. The largest absolute Gasteiger partial charge is 0.476 e. The molecule has 0 atom stereocenters. The average molecular weight is 397 g/mol. The van der Waals surface area contributed by atoms with Gasteiger partial charge in [-0.15, -0.1) is 0 Å². The second-order valence-electron chi connectivity index (χ2n) is 8.11. The van der Waals surface area contributed by atoms with Crippen molar-refractivity contribution in [3.63, 3.8) is 0 Å². The van der Waals surface area contributed by atoms with Crippen LogP contribution in [0, 0.1) is 17.0 Å². The van der Waals surface area contributed by atoms with Crippen molar-refractivity contribution in [1.82, 2.24) is 14.9 Å². The summed E-state index contributed by atoms with van der Waals surface area (Å²) in [6.07, 6.45) is 1.57. The lowest BCUT2D eigenvalue weighted by molar-refractivity contribution is 0.137. The molecule has 0 amide bonds. The Hall–Kier alpha value is -2.86. The molecule has 4 nitrogen and oxygen atoms in total. The minimum Gasteiger partial charge on any atom is -0.476 e. The zero-order chi connectivity index (χ0) is 21.0. The van der Waals surface area contributed by atoms with Gasteiger partial charge < -0.3 is 9.64 Å². The summed E-state index contributed by atoms with van der Waals surface area (Å²) in [7, 11) is 4.04. The van der Waals surface area contributed by atoms with Gasteiger partial charge in [-0.3, -0.25) is 0 Å². The van der Waals surface area contributed by atoms with Crippen molar-refractivity contribution in [2.45, 2.75) is 13.8 Å². The Balaban J connectivity index is 1.96. The molecule has 152 valence electrons. The topological polar surface area (TPSA) is 38.2 Å². The number of hydrogen-bond donors (Lipinski definition) is 0. The number of hydrogen-bond acceptors (Lipinski definition) is 4. The van der Waals surface area contributed by atoms with Crippen LogP contribution in [0.25, 0.3) is 22.5 Å². The summed E-state index contributed by atoms with van der Waals surface area (Å²) in [5.74, 6) is -0.266. The van der Waals surface area contributed by atoms with E-state index in [1.807, 2.05) is 14.1 Å². The highest BCUT2D eigenvalue weighted by atomic mass is 19.1. The Morgan fingerprint density at radius 2 is 1.38 bits per heavy atom. The first-order valence-electron chi connectivity index (χ1n) is 9.40. The van der Waals surface area contributed by atoms with E-state index in [1.165, 1.54) is 24.3 Å². The molecule has 0 N–H and O–H groups in total. The maximum absolute atomic E-state index is 13.4. The summed E-state index contributed by atoms with van der Waals surface area (Å²) < 4.78 is 32.7. The van der Waals surface area contributed by atoms with E-state index in [1.54, 1.807) is 30.5 Å². The van der Waals surface area contributed by atoms with Gasteiger partial charge >= 0.3 is 0 Å². The molecule has 3 rings (SSSR count). The predicted octanol–water partition coefficient (Wildman–Crippen LogP) is 5.06. The molecule has 29 heavy (non-hydrogen) atoms. The molecule has 0 aliphatic rings. The molecule has 1 aromatic heterocycles. The van der Waals surface area contributed by atoms with E-state index in [0.717, 1.165) is 12.1 Å². The van der Waals surface area contributed by atoms with Gasteiger partial charge in [-0.1, -0.05) is 13.8 Å². The summed E-state index contributed by atoms with van der Waals surface area (Å²) in [5, 5.41) is 0. The molecular weight excluding hydrogens is 372 g/mol. The minimum atomic E-state index is -0.331. The van der Waals surface area contributed by atoms with Crippen LogP contribution in [0.4, 0.5) is 8.78 Å². The predicted molar refractivity (Wildman–Crippen MR) is 111 cm³/mol. The molecular formula is C23H25F2N3O. The lowest BCUT2D eigenvalue weighted by Gasteiger charge is -2.27. The molecule has 0 bridgehead atoms. The van der Waals surface area contributed by atoms with Crippen molar-refractivity contribution >= 4 is 0 Å². The van der Waals surface area contributed by atoms with Crippen molar-refractivity contribution in [1.29, 1.82) is 0 Å². The summed E-state index contributed by atoms with van der Waals surface area (Å²) in [6.45, 7) is 5.57. The second kappa shape index (κ2) is 8.66. The van der Waals surface area contributed by atoms with Gasteiger partial charge in [0.2, 0.25) is 5.88 Å². The third-order valence-corrected chi connectivity index (χ3v) is 4.34. The standard InChI is InChI=1S/C23H25F2N3O/c1-23(2,14-28(3)4)15-29-20-13-26-21(16-5-9-18(24)10-6-16)22(27-20)17-7-11-19(25)12-8-17/h5-13H,14-15H2,1-4H3. The quantitative estimate of drug-likeness (QED) is 0.559. The number of rotatable bonds is 7. The third-order valence-electron chi connectivity index (χ3n) is 4.34. The fourth-order valence-electron chi connectivity index (χ4n) is 3.24. The molecule has 0 saturated heterocycles. The highest BCUT2D eigenvalue weighted by molar-refractivity contribution is 5.77. The van der Waals surface area contributed by atoms with Gasteiger partial charge in [0.15, 0.2) is 0 Å². The van der Waals surface area contributed by atoms with E-state index in [4.69, 9.17) is 4.74 Å². The maximum atomic E-state index is 13.4. The fraction of sp³-hybridized carbons (Fsp3) is 0.304. The molecule has 0 aliphatic heterocycles. The Labute approximate surface area is 170 Å². The molecule has 2 aromatic carbocycles. The average Bonchev–Trinajstić information content (AvgIpc) is 2.67. The van der Waals surface area contributed by atoms with Crippen LogP contribution in [0.5, 0.6) is 5.88 Å². The smallest absolute Gasteiger partial charge is 0.232 e. The molecule has 0 radical (unpaired) electrons. The van der Waals surface area contributed by atoms with Crippen molar-refractivity contribution < 1.29 is 13.5 Å². The molecule has 0 aliphatic carbocycles. The lowest BCUT2D eigenvalue weighted by atomic mass is 9.94. The van der Waals surface area contributed by atoms with E-state index in [9.17, 15) is 8.78 Å². The van der Waals surface area contributed by atoms with E-state index in [2.05, 4.69) is 28.7 Å². The van der Waals surface area contributed by atoms with Crippen molar-refractivity contribution in [3.8, 4) is 28.4 Å². The fourth-order valence-corrected chi connectivity index (χ4v) is 3.24. The van der Waals surface area contributed by atoms with Crippen LogP contribution in [0.2, 0.25) is 0 Å². The second-order valence-corrected chi connectivity index (χ2v) is 8.11. The van der Waals surface area contributed by atoms with Crippen molar-refractivity contribution in [3.05, 3.63) is 66.4 Å².